The Balaban J connectivity index is 1.92. The van der Waals surface area contributed by atoms with E-state index in [4.69, 9.17) is 0 Å². The maximum atomic E-state index is 3.96. The molecule has 0 unspecified atom stereocenters. The van der Waals surface area contributed by atoms with Gasteiger partial charge in [0.15, 0.2) is 0 Å². The molecule has 1 aliphatic heterocycles. The van der Waals surface area contributed by atoms with E-state index in [1.807, 2.05) is 0 Å². The average molecular weight is 230 g/mol. The van der Waals surface area contributed by atoms with Gasteiger partial charge in [0.1, 0.15) is 0 Å². The molecule has 0 radical (unpaired) electrons. The van der Waals surface area contributed by atoms with Crippen molar-refractivity contribution in [2.45, 2.75) is 13.5 Å². The monoisotopic (exact) mass is 230 g/mol. The van der Waals surface area contributed by atoms with Gasteiger partial charge in [-0.05, 0) is 25.1 Å². The summed E-state index contributed by atoms with van der Waals surface area (Å²) in [4.78, 5) is 4.91. The van der Waals surface area contributed by atoms with Gasteiger partial charge in [-0.25, -0.2) is 0 Å². The van der Waals surface area contributed by atoms with Crippen molar-refractivity contribution in [3.63, 3.8) is 0 Å². The highest BCUT2D eigenvalue weighted by Crippen LogP contribution is 2.14. The maximum Gasteiger partial charge on any atom is 0.0234 e. The zero-order valence-electron chi connectivity index (χ0n) is 10.9. The third kappa shape index (κ3) is 3.42. The molecule has 1 heterocycles. The SMILES string of the molecule is C=C(C)c1ccc(CN2CCN(C)CC2)cc1. The lowest BCUT2D eigenvalue weighted by Crippen LogP contribution is -2.43. The minimum Gasteiger partial charge on any atom is -0.304 e. The summed E-state index contributed by atoms with van der Waals surface area (Å²) >= 11 is 0. The molecule has 1 aliphatic rings. The molecule has 0 atom stereocenters. The molecule has 2 nitrogen and oxygen atoms in total. The molecule has 2 heteroatoms. The average Bonchev–Trinajstić information content (AvgIpc) is 2.33. The van der Waals surface area contributed by atoms with Gasteiger partial charge in [-0.3, -0.25) is 4.90 Å². The molecule has 2 rings (SSSR count). The molecule has 0 aliphatic carbocycles. The first-order valence-corrected chi connectivity index (χ1v) is 6.31. The van der Waals surface area contributed by atoms with Crippen LogP contribution in [0.3, 0.4) is 0 Å². The van der Waals surface area contributed by atoms with Gasteiger partial charge in [0.25, 0.3) is 0 Å². The molecular formula is C15H22N2. The largest absolute Gasteiger partial charge is 0.304 e. The van der Waals surface area contributed by atoms with Crippen LogP contribution in [-0.4, -0.2) is 43.0 Å². The van der Waals surface area contributed by atoms with Crippen LogP contribution in [-0.2, 0) is 6.54 Å². The lowest BCUT2D eigenvalue weighted by molar-refractivity contribution is 0.148. The van der Waals surface area contributed by atoms with Gasteiger partial charge >= 0.3 is 0 Å². The Morgan fingerprint density at radius 3 is 2.24 bits per heavy atom. The zero-order valence-corrected chi connectivity index (χ0v) is 10.9. The summed E-state index contributed by atoms with van der Waals surface area (Å²) in [5.41, 5.74) is 3.78. The van der Waals surface area contributed by atoms with Crippen LogP contribution in [0.25, 0.3) is 5.57 Å². The van der Waals surface area contributed by atoms with Crippen molar-refractivity contribution in [2.75, 3.05) is 33.2 Å². The first kappa shape index (κ1) is 12.3. The summed E-state index contributed by atoms with van der Waals surface area (Å²) in [7, 11) is 2.19. The van der Waals surface area contributed by atoms with Crippen LogP contribution in [0.5, 0.6) is 0 Å². The van der Waals surface area contributed by atoms with E-state index in [9.17, 15) is 0 Å². The zero-order chi connectivity index (χ0) is 12.3. The number of rotatable bonds is 3. The van der Waals surface area contributed by atoms with Gasteiger partial charge in [-0.2, -0.15) is 0 Å². The summed E-state index contributed by atoms with van der Waals surface area (Å²) in [6.07, 6.45) is 0. The summed E-state index contributed by atoms with van der Waals surface area (Å²) in [5, 5.41) is 0. The summed E-state index contributed by atoms with van der Waals surface area (Å²) in [6, 6.07) is 8.80. The first-order valence-electron chi connectivity index (χ1n) is 6.31. The van der Waals surface area contributed by atoms with Gasteiger partial charge in [-0.1, -0.05) is 36.4 Å². The Labute approximate surface area is 105 Å². The molecular weight excluding hydrogens is 208 g/mol. The predicted octanol–water partition coefficient (Wildman–Crippen LogP) is 2.47. The molecule has 0 spiro atoms. The van der Waals surface area contributed by atoms with E-state index in [-0.39, 0.29) is 0 Å². The molecule has 0 amide bonds. The highest BCUT2D eigenvalue weighted by molar-refractivity contribution is 5.61. The molecule has 0 saturated carbocycles. The Hall–Kier alpha value is -1.12. The number of hydrogen-bond donors (Lipinski definition) is 0. The number of nitrogens with zero attached hydrogens (tertiary/aromatic N) is 2. The predicted molar refractivity (Wildman–Crippen MR) is 73.9 cm³/mol. The Kier molecular flexibility index (Phi) is 3.97. The molecule has 1 saturated heterocycles. The third-order valence-electron chi connectivity index (χ3n) is 3.45. The molecule has 0 aromatic heterocycles. The quantitative estimate of drug-likeness (QED) is 0.787. The molecule has 0 N–H and O–H groups in total. The lowest BCUT2D eigenvalue weighted by atomic mass is 10.1. The second-order valence-corrected chi connectivity index (χ2v) is 5.06. The number of piperazine rings is 1. The lowest BCUT2D eigenvalue weighted by Gasteiger charge is -2.32. The van der Waals surface area contributed by atoms with Gasteiger partial charge < -0.3 is 4.90 Å². The van der Waals surface area contributed by atoms with Gasteiger partial charge in [0.2, 0.25) is 0 Å². The van der Waals surface area contributed by atoms with Gasteiger partial charge in [0, 0.05) is 32.7 Å². The minimum atomic E-state index is 1.07. The van der Waals surface area contributed by atoms with Crippen LogP contribution >= 0.6 is 0 Å². The second kappa shape index (κ2) is 5.48. The number of hydrogen-bond acceptors (Lipinski definition) is 2. The van der Waals surface area contributed by atoms with Crippen LogP contribution in [0.1, 0.15) is 18.1 Å². The van der Waals surface area contributed by atoms with Crippen molar-refractivity contribution in [1.82, 2.24) is 9.80 Å². The first-order chi connectivity index (χ1) is 8.15. The van der Waals surface area contributed by atoms with Crippen LogP contribution in [0.2, 0.25) is 0 Å². The maximum absolute atomic E-state index is 3.96. The number of allylic oxidation sites excluding steroid dienone is 1. The number of benzene rings is 1. The van der Waals surface area contributed by atoms with Crippen LogP contribution < -0.4 is 0 Å². The third-order valence-corrected chi connectivity index (χ3v) is 3.45. The van der Waals surface area contributed by atoms with Crippen LogP contribution in [0.4, 0.5) is 0 Å². The smallest absolute Gasteiger partial charge is 0.0234 e. The van der Waals surface area contributed by atoms with Gasteiger partial charge in [0.05, 0.1) is 0 Å². The van der Waals surface area contributed by atoms with Crippen LogP contribution in [0.15, 0.2) is 30.8 Å². The molecule has 17 heavy (non-hydrogen) atoms. The van der Waals surface area contributed by atoms with E-state index in [2.05, 4.69) is 54.6 Å². The molecule has 1 aromatic carbocycles. The summed E-state index contributed by atoms with van der Waals surface area (Å²) < 4.78 is 0. The van der Waals surface area contributed by atoms with Gasteiger partial charge in [-0.15, -0.1) is 0 Å². The summed E-state index contributed by atoms with van der Waals surface area (Å²) in [6.45, 7) is 11.8. The fourth-order valence-corrected chi connectivity index (χ4v) is 2.16. The standard InChI is InChI=1S/C15H22N2/c1-13(2)15-6-4-14(5-7-15)12-17-10-8-16(3)9-11-17/h4-7H,1,8-12H2,2-3H3. The van der Waals surface area contributed by atoms with E-state index in [0.717, 1.165) is 12.1 Å². The fourth-order valence-electron chi connectivity index (χ4n) is 2.16. The highest BCUT2D eigenvalue weighted by Gasteiger charge is 2.13. The fraction of sp³-hybridized carbons (Fsp3) is 0.467. The molecule has 0 bridgehead atoms. The Bertz CT molecular complexity index is 372. The Morgan fingerprint density at radius 2 is 1.71 bits per heavy atom. The van der Waals surface area contributed by atoms with Crippen molar-refractivity contribution in [2.24, 2.45) is 0 Å². The van der Waals surface area contributed by atoms with Crippen LogP contribution in [0, 0.1) is 0 Å². The Morgan fingerprint density at radius 1 is 1.12 bits per heavy atom. The molecule has 1 aromatic rings. The van der Waals surface area contributed by atoms with Crippen molar-refractivity contribution >= 4 is 5.57 Å². The summed E-state index contributed by atoms with van der Waals surface area (Å²) in [5.74, 6) is 0. The van der Waals surface area contributed by atoms with E-state index < -0.39 is 0 Å². The topological polar surface area (TPSA) is 6.48 Å². The highest BCUT2D eigenvalue weighted by atomic mass is 15.2. The van der Waals surface area contributed by atoms with Crippen molar-refractivity contribution in [3.05, 3.63) is 42.0 Å². The number of likely N-dealkylation sites (N-methyl/N-ethyl adjacent to an activating group) is 1. The van der Waals surface area contributed by atoms with Crippen molar-refractivity contribution < 1.29 is 0 Å². The minimum absolute atomic E-state index is 1.07. The molecule has 92 valence electrons. The van der Waals surface area contributed by atoms with E-state index in [1.54, 1.807) is 0 Å². The molecule has 1 fully saturated rings. The van der Waals surface area contributed by atoms with E-state index in [1.165, 1.54) is 37.3 Å². The van der Waals surface area contributed by atoms with Crippen molar-refractivity contribution in [1.29, 1.82) is 0 Å². The van der Waals surface area contributed by atoms with E-state index in [0.29, 0.717) is 0 Å². The van der Waals surface area contributed by atoms with Crippen molar-refractivity contribution in [3.8, 4) is 0 Å². The second-order valence-electron chi connectivity index (χ2n) is 5.06. The van der Waals surface area contributed by atoms with E-state index >= 15 is 0 Å². The normalized spacial score (nSPS) is 18.2.